The Morgan fingerprint density at radius 1 is 0.933 bits per heavy atom. The molecule has 0 aromatic heterocycles. The first-order valence-corrected chi connectivity index (χ1v) is 11.3. The number of esters is 2. The van der Waals surface area contributed by atoms with Crippen LogP contribution in [0.15, 0.2) is 23.3 Å². The molecule has 4 aliphatic carbocycles. The Morgan fingerprint density at radius 2 is 1.63 bits per heavy atom. The third-order valence-corrected chi connectivity index (χ3v) is 8.73. The highest BCUT2D eigenvalue weighted by molar-refractivity contribution is 5.95. The summed E-state index contributed by atoms with van der Waals surface area (Å²) in [4.78, 5) is 36.1. The predicted octanol–water partition coefficient (Wildman–Crippen LogP) is 4.55. The Kier molecular flexibility index (Phi) is 5.22. The zero-order valence-corrected chi connectivity index (χ0v) is 18.8. The van der Waals surface area contributed by atoms with Crippen LogP contribution in [0.1, 0.15) is 73.1 Å². The Balaban J connectivity index is 1.71. The van der Waals surface area contributed by atoms with Gasteiger partial charge in [-0.1, -0.05) is 31.6 Å². The second kappa shape index (κ2) is 7.35. The third kappa shape index (κ3) is 3.07. The van der Waals surface area contributed by atoms with Crippen LogP contribution in [0.25, 0.3) is 0 Å². The summed E-state index contributed by atoms with van der Waals surface area (Å²) in [6, 6.07) is 0. The van der Waals surface area contributed by atoms with Gasteiger partial charge in [0.15, 0.2) is 5.78 Å². The molecule has 4 aliphatic rings. The van der Waals surface area contributed by atoms with Gasteiger partial charge in [-0.25, -0.2) is 0 Å². The van der Waals surface area contributed by atoms with Crippen molar-refractivity contribution in [1.29, 1.82) is 0 Å². The zero-order chi connectivity index (χ0) is 21.8. The molecule has 0 aromatic rings. The van der Waals surface area contributed by atoms with Crippen LogP contribution in [0.4, 0.5) is 0 Å². The van der Waals surface area contributed by atoms with Gasteiger partial charge >= 0.3 is 11.9 Å². The van der Waals surface area contributed by atoms with Gasteiger partial charge in [0.05, 0.1) is 0 Å². The van der Waals surface area contributed by atoms with Crippen LogP contribution >= 0.6 is 0 Å². The van der Waals surface area contributed by atoms with Gasteiger partial charge in [0.1, 0.15) is 12.2 Å². The van der Waals surface area contributed by atoms with Crippen molar-refractivity contribution in [2.45, 2.75) is 85.4 Å². The molecule has 5 heteroatoms. The lowest BCUT2D eigenvalue weighted by Gasteiger charge is -2.59. The van der Waals surface area contributed by atoms with E-state index in [0.29, 0.717) is 24.2 Å². The van der Waals surface area contributed by atoms with Gasteiger partial charge in [-0.05, 0) is 74.2 Å². The maximum atomic E-state index is 12.3. The molecule has 0 radical (unpaired) electrons. The van der Waals surface area contributed by atoms with Crippen LogP contribution in [-0.2, 0) is 23.9 Å². The first kappa shape index (κ1) is 21.3. The fraction of sp³-hybridized carbons (Fsp3) is 0.720. The summed E-state index contributed by atoms with van der Waals surface area (Å²) in [5.41, 5.74) is 1.95. The normalized spacial score (nSPS) is 42.1. The van der Waals surface area contributed by atoms with E-state index >= 15 is 0 Å². The molecule has 164 valence electrons. The fourth-order valence-electron chi connectivity index (χ4n) is 7.52. The Morgan fingerprint density at radius 3 is 2.27 bits per heavy atom. The van der Waals surface area contributed by atoms with E-state index in [1.807, 2.05) is 0 Å². The Bertz CT molecular complexity index is 838. The molecule has 30 heavy (non-hydrogen) atoms. The molecule has 0 N–H and O–H groups in total. The number of hydrogen-bond acceptors (Lipinski definition) is 5. The maximum Gasteiger partial charge on any atom is 0.303 e. The molecule has 5 nitrogen and oxygen atoms in total. The van der Waals surface area contributed by atoms with Crippen molar-refractivity contribution in [2.24, 2.45) is 28.6 Å². The van der Waals surface area contributed by atoms with Crippen molar-refractivity contribution in [3.8, 4) is 0 Å². The fourth-order valence-corrected chi connectivity index (χ4v) is 7.52. The second-order valence-electron chi connectivity index (χ2n) is 10.2. The molecular formula is C25H34O5. The minimum Gasteiger partial charge on any atom is -0.459 e. The van der Waals surface area contributed by atoms with Crippen molar-refractivity contribution in [1.82, 2.24) is 0 Å². The number of fused-ring (bicyclic) bond motifs is 5. The third-order valence-electron chi connectivity index (χ3n) is 8.73. The number of carbonyl (C=O) groups excluding carboxylic acids is 3. The highest BCUT2D eigenvalue weighted by Gasteiger charge is 2.61. The molecule has 0 saturated heterocycles. The molecule has 0 spiro atoms. The van der Waals surface area contributed by atoms with E-state index in [1.165, 1.54) is 19.4 Å². The second-order valence-corrected chi connectivity index (χ2v) is 10.2. The molecule has 0 heterocycles. The maximum absolute atomic E-state index is 12.3. The van der Waals surface area contributed by atoms with E-state index in [0.717, 1.165) is 37.7 Å². The smallest absolute Gasteiger partial charge is 0.303 e. The number of Topliss-reactive ketones (excluding diaryl/α,β-unsaturated/α-hetero) is 1. The van der Waals surface area contributed by atoms with Crippen LogP contribution < -0.4 is 0 Å². The summed E-state index contributed by atoms with van der Waals surface area (Å²) in [5, 5.41) is 0. The van der Waals surface area contributed by atoms with Crippen LogP contribution in [0.5, 0.6) is 0 Å². The summed E-state index contributed by atoms with van der Waals surface area (Å²) in [6.07, 6.45) is 9.13. The molecule has 0 amide bonds. The molecule has 0 aromatic carbocycles. The lowest BCUT2D eigenvalue weighted by molar-refractivity contribution is -0.189. The quantitative estimate of drug-likeness (QED) is 0.501. The summed E-state index contributed by atoms with van der Waals surface area (Å²) in [6.45, 7) is 9.02. The van der Waals surface area contributed by atoms with Crippen molar-refractivity contribution in [2.75, 3.05) is 0 Å². The highest BCUT2D eigenvalue weighted by atomic mass is 16.6. The average Bonchev–Trinajstić information content (AvgIpc) is 3.01. The van der Waals surface area contributed by atoms with Gasteiger partial charge < -0.3 is 9.47 Å². The van der Waals surface area contributed by atoms with Crippen molar-refractivity contribution in [3.05, 3.63) is 23.3 Å². The van der Waals surface area contributed by atoms with Gasteiger partial charge in [0, 0.05) is 19.3 Å². The molecule has 2 saturated carbocycles. The van der Waals surface area contributed by atoms with Gasteiger partial charge in [-0.15, -0.1) is 0 Å². The van der Waals surface area contributed by atoms with Gasteiger partial charge in [0.25, 0.3) is 0 Å². The molecule has 4 rings (SSSR count). The van der Waals surface area contributed by atoms with Gasteiger partial charge in [0.2, 0.25) is 0 Å². The molecule has 7 atom stereocenters. The summed E-state index contributed by atoms with van der Waals surface area (Å²) < 4.78 is 11.6. The molecule has 0 aliphatic heterocycles. The van der Waals surface area contributed by atoms with E-state index in [2.05, 4.69) is 26.0 Å². The Labute approximate surface area is 179 Å². The summed E-state index contributed by atoms with van der Waals surface area (Å²) in [7, 11) is 0. The lowest BCUT2D eigenvalue weighted by atomic mass is 9.46. The van der Waals surface area contributed by atoms with Crippen LogP contribution in [0.2, 0.25) is 0 Å². The van der Waals surface area contributed by atoms with E-state index in [-0.39, 0.29) is 28.6 Å². The lowest BCUT2D eigenvalue weighted by Crippen LogP contribution is -2.59. The zero-order valence-electron chi connectivity index (χ0n) is 18.8. The van der Waals surface area contributed by atoms with Crippen LogP contribution in [0, 0.1) is 28.6 Å². The van der Waals surface area contributed by atoms with Crippen LogP contribution in [-0.4, -0.2) is 29.9 Å². The standard InChI is InChI=1S/C25H34O5/c1-14(26)19-9-10-20-18-8-6-17-7-11-22(29-15(2)27)23(30-16(3)28)25(17,5)21(18)12-13-24(19,20)4/h6,9,18,20-23H,7-8,10-13H2,1-5H3/t18-,20-,21-,22?,23?,24+,25-/m0/s1. The Hall–Kier alpha value is -1.91. The van der Waals surface area contributed by atoms with Gasteiger partial charge in [-0.3, -0.25) is 14.4 Å². The number of rotatable bonds is 3. The number of hydrogen-bond donors (Lipinski definition) is 0. The van der Waals surface area contributed by atoms with Crippen molar-refractivity contribution < 1.29 is 23.9 Å². The minimum absolute atomic E-state index is 0.0599. The molecule has 0 bridgehead atoms. The van der Waals surface area contributed by atoms with Crippen molar-refractivity contribution in [3.63, 3.8) is 0 Å². The van der Waals surface area contributed by atoms with E-state index in [4.69, 9.17) is 9.47 Å². The monoisotopic (exact) mass is 414 g/mol. The number of ketones is 1. The topological polar surface area (TPSA) is 69.7 Å². The summed E-state index contributed by atoms with van der Waals surface area (Å²) >= 11 is 0. The molecule has 2 unspecified atom stereocenters. The number of ether oxygens (including phenoxy) is 2. The summed E-state index contributed by atoms with van der Waals surface area (Å²) in [5.74, 6) is 0.739. The van der Waals surface area contributed by atoms with Gasteiger partial charge in [-0.2, -0.15) is 0 Å². The predicted molar refractivity (Wildman–Crippen MR) is 112 cm³/mol. The highest BCUT2D eigenvalue weighted by Crippen LogP contribution is 2.65. The number of allylic oxidation sites excluding steroid dienone is 3. The van der Waals surface area contributed by atoms with Crippen LogP contribution in [0.3, 0.4) is 0 Å². The molecule has 2 fully saturated rings. The van der Waals surface area contributed by atoms with E-state index in [9.17, 15) is 14.4 Å². The van der Waals surface area contributed by atoms with E-state index in [1.54, 1.807) is 6.92 Å². The first-order chi connectivity index (χ1) is 14.1. The number of carbonyl (C=O) groups is 3. The SMILES string of the molecule is CC(=O)OC1CCC2=CC[C@H]3[C@@H]4CC=C(C(C)=O)[C@@]4(C)CC[C@@H]3[C@@]2(C)C1OC(C)=O. The minimum atomic E-state index is -0.460. The van der Waals surface area contributed by atoms with Crippen molar-refractivity contribution >= 4 is 17.7 Å². The average molecular weight is 415 g/mol. The first-order valence-electron chi connectivity index (χ1n) is 11.3. The van der Waals surface area contributed by atoms with E-state index < -0.39 is 12.2 Å². The molecular weight excluding hydrogens is 380 g/mol. The largest absolute Gasteiger partial charge is 0.459 e.